The van der Waals surface area contributed by atoms with Crippen molar-refractivity contribution in [3.05, 3.63) is 48.3 Å². The van der Waals surface area contributed by atoms with Gasteiger partial charge < -0.3 is 20.1 Å². The van der Waals surface area contributed by atoms with E-state index in [0.717, 1.165) is 5.56 Å². The maximum Gasteiger partial charge on any atom is 0.319 e. The monoisotopic (exact) mass is 301 g/mol. The van der Waals surface area contributed by atoms with Gasteiger partial charge in [-0.1, -0.05) is 0 Å². The zero-order valence-electron chi connectivity index (χ0n) is 12.8. The molecule has 0 aliphatic carbocycles. The summed E-state index contributed by atoms with van der Waals surface area (Å²) in [5.41, 5.74) is 1.52. The Balaban J connectivity index is 2.05. The Morgan fingerprint density at radius 1 is 1.14 bits per heavy atom. The molecule has 0 aliphatic heterocycles. The number of anilines is 1. The summed E-state index contributed by atoms with van der Waals surface area (Å²) in [5, 5.41) is 5.63. The molecular weight excluding hydrogens is 282 g/mol. The predicted molar refractivity (Wildman–Crippen MR) is 84.4 cm³/mol. The number of hydrogen-bond acceptors (Lipinski definition) is 4. The summed E-state index contributed by atoms with van der Waals surface area (Å²) in [7, 11) is 3.11. The van der Waals surface area contributed by atoms with E-state index in [1.54, 1.807) is 44.8 Å². The molecule has 0 saturated heterocycles. The van der Waals surface area contributed by atoms with Gasteiger partial charge in [-0.25, -0.2) is 4.79 Å². The maximum absolute atomic E-state index is 12.1. The molecule has 2 N–H and O–H groups in total. The second-order valence-corrected chi connectivity index (χ2v) is 4.67. The van der Waals surface area contributed by atoms with E-state index in [0.29, 0.717) is 17.2 Å². The Labute approximate surface area is 129 Å². The van der Waals surface area contributed by atoms with Crippen LogP contribution < -0.4 is 20.1 Å². The van der Waals surface area contributed by atoms with Gasteiger partial charge >= 0.3 is 6.03 Å². The second-order valence-electron chi connectivity index (χ2n) is 4.67. The number of hydrogen-bond donors (Lipinski definition) is 2. The van der Waals surface area contributed by atoms with Gasteiger partial charge in [-0.15, -0.1) is 0 Å². The number of aromatic nitrogens is 1. The summed E-state index contributed by atoms with van der Waals surface area (Å²) >= 11 is 0. The van der Waals surface area contributed by atoms with Crippen molar-refractivity contribution in [2.45, 2.75) is 13.0 Å². The minimum absolute atomic E-state index is 0.139. The Kier molecular flexibility index (Phi) is 5.19. The van der Waals surface area contributed by atoms with Crippen LogP contribution in [0.2, 0.25) is 0 Å². The largest absolute Gasteiger partial charge is 0.497 e. The third-order valence-corrected chi connectivity index (χ3v) is 3.21. The highest BCUT2D eigenvalue weighted by Crippen LogP contribution is 2.28. The Hall–Kier alpha value is -2.76. The zero-order chi connectivity index (χ0) is 15.9. The van der Waals surface area contributed by atoms with Crippen LogP contribution in [0, 0.1) is 0 Å². The Morgan fingerprint density at radius 2 is 1.86 bits per heavy atom. The molecule has 1 atom stereocenters. The van der Waals surface area contributed by atoms with Crippen LogP contribution in [-0.4, -0.2) is 25.2 Å². The fourth-order valence-corrected chi connectivity index (χ4v) is 2.00. The summed E-state index contributed by atoms with van der Waals surface area (Å²) < 4.78 is 10.4. The van der Waals surface area contributed by atoms with Crippen LogP contribution in [0.3, 0.4) is 0 Å². The van der Waals surface area contributed by atoms with E-state index in [4.69, 9.17) is 9.47 Å². The number of urea groups is 1. The van der Waals surface area contributed by atoms with Gasteiger partial charge in [0.15, 0.2) is 0 Å². The van der Waals surface area contributed by atoms with Gasteiger partial charge in [-0.05, 0) is 36.8 Å². The molecule has 1 aromatic carbocycles. The van der Waals surface area contributed by atoms with Crippen LogP contribution in [0.15, 0.2) is 42.7 Å². The summed E-state index contributed by atoms with van der Waals surface area (Å²) in [6.45, 7) is 1.90. The first-order chi connectivity index (χ1) is 10.6. The third-order valence-electron chi connectivity index (χ3n) is 3.21. The fraction of sp³-hybridized carbons (Fsp3) is 0.250. The van der Waals surface area contributed by atoms with Gasteiger partial charge in [0, 0.05) is 18.5 Å². The van der Waals surface area contributed by atoms with Gasteiger partial charge in [0.1, 0.15) is 11.5 Å². The molecule has 0 radical (unpaired) electrons. The lowest BCUT2D eigenvalue weighted by atomic mass is 10.1. The molecular formula is C16H19N3O3. The van der Waals surface area contributed by atoms with Crippen LogP contribution >= 0.6 is 0 Å². The number of ether oxygens (including phenoxy) is 2. The summed E-state index contributed by atoms with van der Waals surface area (Å²) in [6.07, 6.45) is 3.38. The van der Waals surface area contributed by atoms with Crippen molar-refractivity contribution < 1.29 is 14.3 Å². The van der Waals surface area contributed by atoms with Gasteiger partial charge in [0.2, 0.25) is 0 Å². The normalized spacial score (nSPS) is 11.4. The van der Waals surface area contributed by atoms with Crippen molar-refractivity contribution >= 4 is 11.7 Å². The molecule has 1 unspecified atom stereocenters. The lowest BCUT2D eigenvalue weighted by Gasteiger charge is -2.16. The van der Waals surface area contributed by atoms with Crippen molar-refractivity contribution in [2.75, 3.05) is 19.5 Å². The molecule has 116 valence electrons. The van der Waals surface area contributed by atoms with E-state index in [1.807, 2.05) is 19.1 Å². The molecule has 0 aliphatic rings. The quantitative estimate of drug-likeness (QED) is 0.890. The van der Waals surface area contributed by atoms with E-state index < -0.39 is 0 Å². The highest BCUT2D eigenvalue weighted by atomic mass is 16.5. The van der Waals surface area contributed by atoms with Crippen LogP contribution in [0.1, 0.15) is 18.5 Å². The third kappa shape index (κ3) is 3.88. The van der Waals surface area contributed by atoms with Crippen molar-refractivity contribution in [1.29, 1.82) is 0 Å². The van der Waals surface area contributed by atoms with Gasteiger partial charge in [-0.2, -0.15) is 0 Å². The van der Waals surface area contributed by atoms with E-state index in [1.165, 1.54) is 0 Å². The molecule has 6 nitrogen and oxygen atoms in total. The van der Waals surface area contributed by atoms with Crippen molar-refractivity contribution in [3.8, 4) is 11.5 Å². The second kappa shape index (κ2) is 7.31. The minimum Gasteiger partial charge on any atom is -0.497 e. The average Bonchev–Trinajstić information content (AvgIpc) is 2.55. The Morgan fingerprint density at radius 3 is 2.50 bits per heavy atom. The number of pyridine rings is 1. The maximum atomic E-state index is 12.1. The summed E-state index contributed by atoms with van der Waals surface area (Å²) in [4.78, 5) is 16.1. The van der Waals surface area contributed by atoms with Gasteiger partial charge in [0.05, 0.1) is 25.9 Å². The summed E-state index contributed by atoms with van der Waals surface area (Å²) in [6, 6.07) is 8.46. The van der Waals surface area contributed by atoms with Crippen LogP contribution in [-0.2, 0) is 0 Å². The van der Waals surface area contributed by atoms with Crippen LogP contribution in [0.25, 0.3) is 0 Å². The van der Waals surface area contributed by atoms with Crippen LogP contribution in [0.4, 0.5) is 10.5 Å². The molecule has 0 fully saturated rings. The molecule has 0 spiro atoms. The summed E-state index contributed by atoms with van der Waals surface area (Å²) in [5.74, 6) is 1.20. The molecule has 22 heavy (non-hydrogen) atoms. The number of carbonyl (C=O) groups excluding carboxylic acids is 1. The molecule has 2 aromatic rings. The molecule has 1 aromatic heterocycles. The number of carbonyl (C=O) groups is 1. The van der Waals surface area contributed by atoms with E-state index in [-0.39, 0.29) is 12.1 Å². The molecule has 2 amide bonds. The topological polar surface area (TPSA) is 72.5 Å². The number of rotatable bonds is 5. The number of benzene rings is 1. The number of nitrogens with one attached hydrogen (secondary N) is 2. The standard InChI is InChI=1S/C16H19N3O3/c1-11(12-6-8-17-9-7-12)18-16(20)19-14-10-13(21-2)4-5-15(14)22-3/h4-11H,1-3H3,(H2,18,19,20). The molecule has 2 rings (SSSR count). The Bertz CT molecular complexity index is 632. The SMILES string of the molecule is COc1ccc(OC)c(NC(=O)NC(C)c2ccncc2)c1. The first-order valence-electron chi connectivity index (χ1n) is 6.83. The van der Waals surface area contributed by atoms with Gasteiger partial charge in [-0.3, -0.25) is 4.98 Å². The smallest absolute Gasteiger partial charge is 0.319 e. The van der Waals surface area contributed by atoms with Crippen molar-refractivity contribution in [1.82, 2.24) is 10.3 Å². The predicted octanol–water partition coefficient (Wildman–Crippen LogP) is 2.98. The highest BCUT2D eigenvalue weighted by Gasteiger charge is 2.12. The van der Waals surface area contributed by atoms with Crippen molar-refractivity contribution in [2.24, 2.45) is 0 Å². The number of nitrogens with zero attached hydrogens (tertiary/aromatic N) is 1. The first-order valence-corrected chi connectivity index (χ1v) is 6.83. The zero-order valence-corrected chi connectivity index (χ0v) is 12.8. The molecule has 1 heterocycles. The highest BCUT2D eigenvalue weighted by molar-refractivity contribution is 5.91. The average molecular weight is 301 g/mol. The molecule has 0 saturated carbocycles. The minimum atomic E-state index is -0.323. The fourth-order valence-electron chi connectivity index (χ4n) is 2.00. The van der Waals surface area contributed by atoms with Crippen LogP contribution in [0.5, 0.6) is 11.5 Å². The number of amides is 2. The van der Waals surface area contributed by atoms with Gasteiger partial charge in [0.25, 0.3) is 0 Å². The van der Waals surface area contributed by atoms with Crippen molar-refractivity contribution in [3.63, 3.8) is 0 Å². The van der Waals surface area contributed by atoms with E-state index in [9.17, 15) is 4.79 Å². The molecule has 0 bridgehead atoms. The lowest BCUT2D eigenvalue weighted by Crippen LogP contribution is -2.31. The molecule has 6 heteroatoms. The number of methoxy groups -OCH3 is 2. The van der Waals surface area contributed by atoms with E-state index >= 15 is 0 Å². The van der Waals surface area contributed by atoms with E-state index in [2.05, 4.69) is 15.6 Å². The first kappa shape index (κ1) is 15.6. The lowest BCUT2D eigenvalue weighted by molar-refractivity contribution is 0.249.